The van der Waals surface area contributed by atoms with E-state index in [0.717, 1.165) is 35.5 Å². The standard InChI is InChI=1S/C47H58N2O8/c1-54-42-21-30(5-9-40(42)56-44(52)11-13-48-46-24-32-15-33(25-46)17-34(16-32)26-46)3-7-38(50)23-39(51)8-4-31-6-10-41(43(22-31)55-2)57-45(53)12-14-49-47-27-35-18-36(28-47)20-37(19-35)29-47/h3-10,21-22,32-37,48-49H,11-20,23-29H2,1-2H3/b7-3+,8-4+. The molecule has 2 aromatic carbocycles. The van der Waals surface area contributed by atoms with Gasteiger partial charge >= 0.3 is 11.9 Å². The van der Waals surface area contributed by atoms with E-state index in [1.807, 2.05) is 0 Å². The van der Waals surface area contributed by atoms with E-state index in [1.165, 1.54) is 103 Å². The topological polar surface area (TPSA) is 129 Å². The van der Waals surface area contributed by atoms with Crippen molar-refractivity contribution in [2.24, 2.45) is 35.5 Å². The molecule has 10 heteroatoms. The summed E-state index contributed by atoms with van der Waals surface area (Å²) in [6.45, 7) is 1.20. The lowest BCUT2D eigenvalue weighted by Gasteiger charge is -2.57. The molecule has 0 aromatic heterocycles. The van der Waals surface area contributed by atoms with Crippen LogP contribution >= 0.6 is 0 Å². The average molecular weight is 779 g/mol. The summed E-state index contributed by atoms with van der Waals surface area (Å²) in [7, 11) is 3.00. The van der Waals surface area contributed by atoms with Crippen LogP contribution in [-0.2, 0) is 19.2 Å². The number of ether oxygens (including phenoxy) is 4. The van der Waals surface area contributed by atoms with E-state index in [9.17, 15) is 19.2 Å². The summed E-state index contributed by atoms with van der Waals surface area (Å²) < 4.78 is 22.3. The fourth-order valence-electron chi connectivity index (χ4n) is 12.3. The fraction of sp³-hybridized carbons (Fsp3) is 0.574. The number of ketones is 2. The molecule has 10 rings (SSSR count). The Morgan fingerprint density at radius 3 is 1.25 bits per heavy atom. The van der Waals surface area contributed by atoms with Crippen molar-refractivity contribution in [3.8, 4) is 23.0 Å². The van der Waals surface area contributed by atoms with Crippen LogP contribution in [0.1, 0.15) is 107 Å². The van der Waals surface area contributed by atoms with Gasteiger partial charge in [-0.1, -0.05) is 24.3 Å². The zero-order valence-electron chi connectivity index (χ0n) is 33.5. The highest BCUT2D eigenvalue weighted by atomic mass is 16.6. The van der Waals surface area contributed by atoms with E-state index in [-0.39, 0.29) is 53.8 Å². The van der Waals surface area contributed by atoms with E-state index < -0.39 is 0 Å². The first-order valence-corrected chi connectivity index (χ1v) is 21.2. The van der Waals surface area contributed by atoms with Crippen LogP contribution in [0.5, 0.6) is 23.0 Å². The second-order valence-electron chi connectivity index (χ2n) is 18.3. The van der Waals surface area contributed by atoms with Crippen molar-refractivity contribution in [2.45, 2.75) is 107 Å². The van der Waals surface area contributed by atoms with Crippen molar-refractivity contribution in [1.29, 1.82) is 0 Å². The van der Waals surface area contributed by atoms with Gasteiger partial charge in [0.25, 0.3) is 0 Å². The van der Waals surface area contributed by atoms with Gasteiger partial charge in [0.1, 0.15) is 0 Å². The summed E-state index contributed by atoms with van der Waals surface area (Å²) in [5, 5.41) is 7.49. The van der Waals surface area contributed by atoms with Crippen molar-refractivity contribution in [3.05, 3.63) is 59.7 Å². The second kappa shape index (κ2) is 16.9. The lowest BCUT2D eigenvalue weighted by Crippen LogP contribution is -2.58. The third kappa shape index (κ3) is 9.55. The highest BCUT2D eigenvalue weighted by molar-refractivity contribution is 6.10. The second-order valence-corrected chi connectivity index (χ2v) is 18.3. The Hall–Kier alpha value is -4.28. The fourth-order valence-corrected chi connectivity index (χ4v) is 12.3. The number of nitrogens with one attached hydrogen (secondary N) is 2. The predicted molar refractivity (Wildman–Crippen MR) is 217 cm³/mol. The molecule has 2 aromatic rings. The Morgan fingerprint density at radius 1 is 0.561 bits per heavy atom. The molecule has 8 fully saturated rings. The molecule has 0 amide bonds. The number of rotatable bonds is 18. The lowest BCUT2D eigenvalue weighted by atomic mass is 9.53. The van der Waals surface area contributed by atoms with E-state index in [0.29, 0.717) is 47.2 Å². The largest absolute Gasteiger partial charge is 0.493 e. The van der Waals surface area contributed by atoms with Crippen LogP contribution in [0, 0.1) is 35.5 Å². The Bertz CT molecular complexity index is 1710. The first-order valence-electron chi connectivity index (χ1n) is 21.2. The molecule has 0 atom stereocenters. The minimum atomic E-state index is -0.358. The van der Waals surface area contributed by atoms with Crippen molar-refractivity contribution >= 4 is 35.7 Å². The quantitative estimate of drug-likeness (QED) is 0.0674. The number of benzene rings is 2. The summed E-state index contributed by atoms with van der Waals surface area (Å²) in [4.78, 5) is 50.9. The molecule has 8 aliphatic carbocycles. The Balaban J connectivity index is 0.763. The molecule has 8 saturated carbocycles. The molecule has 0 heterocycles. The lowest BCUT2D eigenvalue weighted by molar-refractivity contribution is -0.135. The van der Waals surface area contributed by atoms with Crippen LogP contribution in [0.3, 0.4) is 0 Å². The Morgan fingerprint density at radius 2 is 0.912 bits per heavy atom. The molecule has 304 valence electrons. The molecule has 0 radical (unpaired) electrons. The minimum Gasteiger partial charge on any atom is -0.493 e. The van der Waals surface area contributed by atoms with E-state index in [4.69, 9.17) is 18.9 Å². The summed E-state index contributed by atoms with van der Waals surface area (Å²) in [6, 6.07) is 10.2. The monoisotopic (exact) mass is 778 g/mol. The van der Waals surface area contributed by atoms with E-state index >= 15 is 0 Å². The maximum absolute atomic E-state index is 12.8. The summed E-state index contributed by atoms with van der Waals surface area (Å²) >= 11 is 0. The zero-order valence-corrected chi connectivity index (χ0v) is 33.5. The molecule has 2 N–H and O–H groups in total. The highest BCUT2D eigenvalue weighted by Gasteiger charge is 2.51. The van der Waals surface area contributed by atoms with Crippen LogP contribution in [0.25, 0.3) is 12.2 Å². The molecule has 0 unspecified atom stereocenters. The number of hydrogen-bond donors (Lipinski definition) is 2. The van der Waals surface area contributed by atoms with Crippen molar-refractivity contribution in [2.75, 3.05) is 27.3 Å². The Labute approximate surface area is 336 Å². The van der Waals surface area contributed by atoms with Gasteiger partial charge in [-0.25, -0.2) is 0 Å². The smallest absolute Gasteiger partial charge is 0.312 e. The van der Waals surface area contributed by atoms with Crippen molar-refractivity contribution in [1.82, 2.24) is 10.6 Å². The highest BCUT2D eigenvalue weighted by Crippen LogP contribution is 2.56. The van der Waals surface area contributed by atoms with Crippen LogP contribution in [0.15, 0.2) is 48.6 Å². The van der Waals surface area contributed by atoms with Gasteiger partial charge in [0.05, 0.1) is 33.5 Å². The van der Waals surface area contributed by atoms with Gasteiger partial charge in [0.15, 0.2) is 34.6 Å². The van der Waals surface area contributed by atoms with Gasteiger partial charge in [-0.2, -0.15) is 0 Å². The molecule has 0 saturated heterocycles. The number of hydrogen-bond acceptors (Lipinski definition) is 10. The first-order chi connectivity index (χ1) is 27.5. The summed E-state index contributed by atoms with van der Waals surface area (Å²) in [6.07, 6.45) is 21.8. The minimum absolute atomic E-state index is 0.198. The number of carbonyl (C=O) groups excluding carboxylic acids is 4. The molecule has 10 nitrogen and oxygen atoms in total. The van der Waals surface area contributed by atoms with Gasteiger partial charge in [-0.05, 0) is 160 Å². The van der Waals surface area contributed by atoms with E-state index in [1.54, 1.807) is 48.6 Å². The zero-order chi connectivity index (χ0) is 39.6. The van der Waals surface area contributed by atoms with E-state index in [2.05, 4.69) is 10.6 Å². The number of allylic oxidation sites excluding steroid dienone is 2. The van der Waals surface area contributed by atoms with Crippen molar-refractivity contribution in [3.63, 3.8) is 0 Å². The van der Waals surface area contributed by atoms with Crippen LogP contribution < -0.4 is 29.6 Å². The third-order valence-electron chi connectivity index (χ3n) is 13.8. The first kappa shape index (κ1) is 39.5. The molecule has 0 aliphatic heterocycles. The molecule has 57 heavy (non-hydrogen) atoms. The number of esters is 2. The van der Waals surface area contributed by atoms with Crippen LogP contribution in [0.4, 0.5) is 0 Å². The van der Waals surface area contributed by atoms with Gasteiger partial charge in [-0.3, -0.25) is 19.2 Å². The normalized spacial score (nSPS) is 30.6. The van der Waals surface area contributed by atoms with Crippen molar-refractivity contribution < 1.29 is 38.1 Å². The summed E-state index contributed by atoms with van der Waals surface area (Å²) in [5.74, 6) is 5.10. The molecule has 8 aliphatic rings. The molecule has 8 bridgehead atoms. The van der Waals surface area contributed by atoms with Gasteiger partial charge in [-0.15, -0.1) is 0 Å². The van der Waals surface area contributed by atoms with Crippen LogP contribution in [0.2, 0.25) is 0 Å². The predicted octanol–water partition coefficient (Wildman–Crippen LogP) is 7.67. The Kier molecular flexibility index (Phi) is 11.7. The molecule has 0 spiro atoms. The maximum Gasteiger partial charge on any atom is 0.312 e. The SMILES string of the molecule is COc1cc(/C=C/C(=O)CC(=O)/C=C/c2ccc(OC(=O)CCNC34CC5CC(CC(C5)C3)C4)c(OC)c2)ccc1OC(=O)CCNC12CC3CC(CC(C3)C1)C2. The average Bonchev–Trinajstić information content (AvgIpc) is 3.16. The van der Waals surface area contributed by atoms with Crippen LogP contribution in [-0.4, -0.2) is 61.9 Å². The maximum atomic E-state index is 12.8. The van der Waals surface area contributed by atoms with Gasteiger partial charge in [0, 0.05) is 24.2 Å². The number of methoxy groups -OCH3 is 2. The molecular weight excluding hydrogens is 721 g/mol. The van der Waals surface area contributed by atoms with Gasteiger partial charge < -0.3 is 29.6 Å². The van der Waals surface area contributed by atoms with Gasteiger partial charge in [0.2, 0.25) is 0 Å². The number of carbonyl (C=O) groups is 4. The third-order valence-corrected chi connectivity index (χ3v) is 13.8. The summed E-state index contributed by atoms with van der Waals surface area (Å²) in [5.41, 5.74) is 1.73. The molecular formula is C47H58N2O8.